The molecular formula is C20H32N2O2. The third-order valence-corrected chi connectivity index (χ3v) is 5.52. The lowest BCUT2D eigenvalue weighted by molar-refractivity contribution is 0.114. The van der Waals surface area contributed by atoms with Crippen molar-refractivity contribution >= 4 is 0 Å². The fourth-order valence-corrected chi connectivity index (χ4v) is 3.75. The van der Waals surface area contributed by atoms with Gasteiger partial charge in [-0.1, -0.05) is 6.07 Å². The number of likely N-dealkylation sites (tertiary alicyclic amines) is 1. The molecule has 0 aromatic heterocycles. The number of methoxy groups -OCH3 is 2. The van der Waals surface area contributed by atoms with Gasteiger partial charge in [-0.3, -0.25) is 0 Å². The van der Waals surface area contributed by atoms with Crippen LogP contribution in [0.1, 0.15) is 31.2 Å². The first-order valence-corrected chi connectivity index (χ1v) is 9.33. The number of rotatable bonds is 8. The van der Waals surface area contributed by atoms with Crippen molar-refractivity contribution in [1.82, 2.24) is 9.80 Å². The number of hydrogen-bond acceptors (Lipinski definition) is 4. The Morgan fingerprint density at radius 1 is 1.12 bits per heavy atom. The standard InChI is InChI=1S/C20H32N2O2/c1-21(18-5-4-11-22(15-18)14-17-6-7-17)12-10-16-8-9-19(23-2)20(13-16)24-3/h8-9,13,17-18H,4-7,10-12,14-15H2,1-3H3. The highest BCUT2D eigenvalue weighted by Gasteiger charge is 2.28. The molecule has 2 aliphatic rings. The number of likely N-dealkylation sites (N-methyl/N-ethyl adjacent to an activating group) is 1. The van der Waals surface area contributed by atoms with Crippen molar-refractivity contribution in [2.75, 3.05) is 47.4 Å². The zero-order valence-corrected chi connectivity index (χ0v) is 15.5. The summed E-state index contributed by atoms with van der Waals surface area (Å²) < 4.78 is 10.7. The molecule has 1 heterocycles. The molecule has 1 saturated carbocycles. The van der Waals surface area contributed by atoms with Gasteiger partial charge in [-0.15, -0.1) is 0 Å². The van der Waals surface area contributed by atoms with E-state index < -0.39 is 0 Å². The van der Waals surface area contributed by atoms with Gasteiger partial charge >= 0.3 is 0 Å². The van der Waals surface area contributed by atoms with Crippen molar-refractivity contribution in [3.63, 3.8) is 0 Å². The Labute approximate surface area is 146 Å². The summed E-state index contributed by atoms with van der Waals surface area (Å²) in [6.07, 6.45) is 6.64. The second kappa shape index (κ2) is 8.21. The van der Waals surface area contributed by atoms with E-state index in [-0.39, 0.29) is 0 Å². The Hall–Kier alpha value is -1.26. The van der Waals surface area contributed by atoms with Crippen molar-refractivity contribution < 1.29 is 9.47 Å². The van der Waals surface area contributed by atoms with E-state index in [1.54, 1.807) is 14.2 Å². The quantitative estimate of drug-likeness (QED) is 0.730. The summed E-state index contributed by atoms with van der Waals surface area (Å²) in [6.45, 7) is 4.98. The Bertz CT molecular complexity index is 530. The molecule has 0 amide bonds. The van der Waals surface area contributed by atoms with Crippen LogP contribution < -0.4 is 9.47 Å². The van der Waals surface area contributed by atoms with E-state index in [0.29, 0.717) is 6.04 Å². The summed E-state index contributed by atoms with van der Waals surface area (Å²) in [5, 5.41) is 0. The molecule has 24 heavy (non-hydrogen) atoms. The van der Waals surface area contributed by atoms with E-state index in [2.05, 4.69) is 29.0 Å². The molecule has 4 nitrogen and oxygen atoms in total. The predicted octanol–water partition coefficient (Wildman–Crippen LogP) is 3.05. The summed E-state index contributed by atoms with van der Waals surface area (Å²) in [5.74, 6) is 2.63. The van der Waals surface area contributed by atoms with E-state index in [4.69, 9.17) is 9.47 Å². The van der Waals surface area contributed by atoms with Gasteiger partial charge in [0, 0.05) is 25.7 Å². The van der Waals surface area contributed by atoms with E-state index in [0.717, 1.165) is 30.4 Å². The van der Waals surface area contributed by atoms with Crippen LogP contribution in [-0.4, -0.2) is 63.3 Å². The summed E-state index contributed by atoms with van der Waals surface area (Å²) in [7, 11) is 5.66. The molecule has 1 aromatic rings. The van der Waals surface area contributed by atoms with E-state index in [9.17, 15) is 0 Å². The molecule has 0 N–H and O–H groups in total. The van der Waals surface area contributed by atoms with Gasteiger partial charge in [-0.05, 0) is 69.3 Å². The third-order valence-electron chi connectivity index (χ3n) is 5.52. The van der Waals surface area contributed by atoms with Crippen LogP contribution in [0.5, 0.6) is 11.5 Å². The smallest absolute Gasteiger partial charge is 0.160 e. The van der Waals surface area contributed by atoms with Gasteiger partial charge in [0.25, 0.3) is 0 Å². The molecule has 1 aliphatic heterocycles. The Morgan fingerprint density at radius 2 is 1.92 bits per heavy atom. The van der Waals surface area contributed by atoms with Gasteiger partial charge in [-0.2, -0.15) is 0 Å². The molecule has 4 heteroatoms. The van der Waals surface area contributed by atoms with Crippen LogP contribution in [0.4, 0.5) is 0 Å². The minimum Gasteiger partial charge on any atom is -0.493 e. The van der Waals surface area contributed by atoms with Crippen molar-refractivity contribution in [2.24, 2.45) is 5.92 Å². The maximum atomic E-state index is 5.41. The summed E-state index contributed by atoms with van der Waals surface area (Å²) in [5.41, 5.74) is 1.31. The van der Waals surface area contributed by atoms with Gasteiger partial charge in [0.1, 0.15) is 0 Å². The van der Waals surface area contributed by atoms with Crippen LogP contribution in [-0.2, 0) is 6.42 Å². The molecule has 0 bridgehead atoms. The molecule has 134 valence electrons. The maximum Gasteiger partial charge on any atom is 0.160 e. The molecule has 1 saturated heterocycles. The molecule has 1 aromatic carbocycles. The molecule has 1 unspecified atom stereocenters. The Kier molecular flexibility index (Phi) is 6.01. The SMILES string of the molecule is COc1ccc(CCN(C)C2CCCN(CC3CC3)C2)cc1OC. The Morgan fingerprint density at radius 3 is 2.62 bits per heavy atom. The topological polar surface area (TPSA) is 24.9 Å². The number of benzene rings is 1. The average Bonchev–Trinajstić information content (AvgIpc) is 3.43. The van der Waals surface area contributed by atoms with E-state index in [1.165, 1.54) is 50.9 Å². The highest BCUT2D eigenvalue weighted by atomic mass is 16.5. The van der Waals surface area contributed by atoms with Gasteiger partial charge in [-0.25, -0.2) is 0 Å². The van der Waals surface area contributed by atoms with Crippen molar-refractivity contribution in [3.05, 3.63) is 23.8 Å². The van der Waals surface area contributed by atoms with Gasteiger partial charge < -0.3 is 19.3 Å². The molecule has 0 radical (unpaired) electrons. The first kappa shape index (κ1) is 17.6. The minimum atomic E-state index is 0.706. The van der Waals surface area contributed by atoms with Gasteiger partial charge in [0.2, 0.25) is 0 Å². The van der Waals surface area contributed by atoms with Gasteiger partial charge in [0.15, 0.2) is 11.5 Å². The summed E-state index contributed by atoms with van der Waals surface area (Å²) in [4.78, 5) is 5.24. The molecule has 0 spiro atoms. The van der Waals surface area contributed by atoms with Crippen LogP contribution in [0.3, 0.4) is 0 Å². The first-order valence-electron chi connectivity index (χ1n) is 9.33. The fourth-order valence-electron chi connectivity index (χ4n) is 3.75. The second-order valence-corrected chi connectivity index (χ2v) is 7.42. The van der Waals surface area contributed by atoms with Crippen LogP contribution in [0.2, 0.25) is 0 Å². The fraction of sp³-hybridized carbons (Fsp3) is 0.700. The zero-order chi connectivity index (χ0) is 16.9. The highest BCUT2D eigenvalue weighted by molar-refractivity contribution is 5.42. The first-order chi connectivity index (χ1) is 11.7. The molecule has 2 fully saturated rings. The highest BCUT2D eigenvalue weighted by Crippen LogP contribution is 2.31. The number of piperidine rings is 1. The van der Waals surface area contributed by atoms with Crippen molar-refractivity contribution in [2.45, 2.75) is 38.1 Å². The Balaban J connectivity index is 1.50. The van der Waals surface area contributed by atoms with Crippen LogP contribution in [0.25, 0.3) is 0 Å². The molecule has 1 aliphatic carbocycles. The number of ether oxygens (including phenoxy) is 2. The molecular weight excluding hydrogens is 300 g/mol. The molecule has 1 atom stereocenters. The average molecular weight is 332 g/mol. The predicted molar refractivity (Wildman–Crippen MR) is 98.1 cm³/mol. The normalized spacial score (nSPS) is 21.9. The monoisotopic (exact) mass is 332 g/mol. The van der Waals surface area contributed by atoms with Gasteiger partial charge in [0.05, 0.1) is 14.2 Å². The second-order valence-electron chi connectivity index (χ2n) is 7.42. The lowest BCUT2D eigenvalue weighted by Gasteiger charge is -2.37. The number of hydrogen-bond donors (Lipinski definition) is 0. The summed E-state index contributed by atoms with van der Waals surface area (Å²) in [6, 6.07) is 6.96. The lowest BCUT2D eigenvalue weighted by Crippen LogP contribution is -2.47. The minimum absolute atomic E-state index is 0.706. The van der Waals surface area contributed by atoms with Crippen molar-refractivity contribution in [1.29, 1.82) is 0 Å². The van der Waals surface area contributed by atoms with Crippen LogP contribution in [0.15, 0.2) is 18.2 Å². The van der Waals surface area contributed by atoms with E-state index >= 15 is 0 Å². The van der Waals surface area contributed by atoms with Crippen LogP contribution >= 0.6 is 0 Å². The lowest BCUT2D eigenvalue weighted by atomic mass is 10.0. The third kappa shape index (κ3) is 4.64. The van der Waals surface area contributed by atoms with E-state index in [1.807, 2.05) is 6.07 Å². The zero-order valence-electron chi connectivity index (χ0n) is 15.5. The number of nitrogens with zero attached hydrogens (tertiary/aromatic N) is 2. The summed E-state index contributed by atoms with van der Waals surface area (Å²) >= 11 is 0. The maximum absolute atomic E-state index is 5.41. The van der Waals surface area contributed by atoms with Crippen molar-refractivity contribution in [3.8, 4) is 11.5 Å². The largest absolute Gasteiger partial charge is 0.493 e. The molecule has 3 rings (SSSR count). The van der Waals surface area contributed by atoms with Crippen LogP contribution in [0, 0.1) is 5.92 Å².